The van der Waals surface area contributed by atoms with Crippen LogP contribution in [0.2, 0.25) is 0 Å². The number of ether oxygens (including phenoxy) is 1. The molecule has 0 aliphatic carbocycles. The molecule has 4 heteroatoms. The van der Waals surface area contributed by atoms with Crippen LogP contribution < -0.4 is 10.1 Å². The number of aromatic nitrogens is 2. The Morgan fingerprint density at radius 3 is 2.82 bits per heavy atom. The highest BCUT2D eigenvalue weighted by molar-refractivity contribution is 5.67. The molecular formula is C13H17N3O. The average Bonchev–Trinajstić information content (AvgIpc) is 2.77. The second kappa shape index (κ2) is 5.01. The van der Waals surface area contributed by atoms with Crippen molar-refractivity contribution >= 4 is 0 Å². The fourth-order valence-electron chi connectivity index (χ4n) is 1.86. The first-order chi connectivity index (χ1) is 8.24. The van der Waals surface area contributed by atoms with Crippen LogP contribution in [0, 0.1) is 0 Å². The first-order valence-corrected chi connectivity index (χ1v) is 5.55. The molecule has 4 nitrogen and oxygen atoms in total. The first-order valence-electron chi connectivity index (χ1n) is 5.55. The van der Waals surface area contributed by atoms with Gasteiger partial charge in [-0.25, -0.2) is 0 Å². The molecule has 1 N–H and O–H groups in total. The summed E-state index contributed by atoms with van der Waals surface area (Å²) in [5.41, 5.74) is 3.50. The van der Waals surface area contributed by atoms with Crippen molar-refractivity contribution in [3.05, 3.63) is 36.2 Å². The molecule has 0 saturated heterocycles. The molecule has 2 rings (SSSR count). The predicted octanol–water partition coefficient (Wildman–Crippen LogP) is 1.82. The van der Waals surface area contributed by atoms with Gasteiger partial charge in [0.15, 0.2) is 0 Å². The van der Waals surface area contributed by atoms with E-state index in [9.17, 15) is 0 Å². The first kappa shape index (κ1) is 11.7. The van der Waals surface area contributed by atoms with Crippen molar-refractivity contribution in [1.82, 2.24) is 15.1 Å². The van der Waals surface area contributed by atoms with E-state index in [0.717, 1.165) is 23.4 Å². The monoisotopic (exact) mass is 231 g/mol. The average molecular weight is 231 g/mol. The third kappa shape index (κ3) is 2.47. The van der Waals surface area contributed by atoms with Crippen LogP contribution >= 0.6 is 0 Å². The lowest BCUT2D eigenvalue weighted by molar-refractivity contribution is 0.415. The van der Waals surface area contributed by atoms with Gasteiger partial charge in [0, 0.05) is 25.4 Å². The topological polar surface area (TPSA) is 39.1 Å². The highest BCUT2D eigenvalue weighted by Crippen LogP contribution is 2.27. The number of nitrogens with one attached hydrogen (secondary N) is 1. The Morgan fingerprint density at radius 2 is 2.24 bits per heavy atom. The molecule has 1 aromatic carbocycles. The van der Waals surface area contributed by atoms with Crippen LogP contribution in [-0.4, -0.2) is 23.9 Å². The van der Waals surface area contributed by atoms with E-state index in [1.807, 2.05) is 38.6 Å². The van der Waals surface area contributed by atoms with Gasteiger partial charge in [-0.05, 0) is 30.3 Å². The zero-order valence-corrected chi connectivity index (χ0v) is 10.4. The molecule has 0 atom stereocenters. The second-order valence-corrected chi connectivity index (χ2v) is 3.96. The smallest absolute Gasteiger partial charge is 0.119 e. The number of hydrogen-bond acceptors (Lipinski definition) is 3. The fourth-order valence-corrected chi connectivity index (χ4v) is 1.86. The molecule has 90 valence electrons. The Hall–Kier alpha value is -1.81. The second-order valence-electron chi connectivity index (χ2n) is 3.96. The van der Waals surface area contributed by atoms with Crippen LogP contribution in [-0.2, 0) is 13.6 Å². The number of benzene rings is 1. The van der Waals surface area contributed by atoms with Crippen LogP contribution in [0.3, 0.4) is 0 Å². The standard InChI is InChI=1S/C13H17N3O/c1-14-7-10-4-5-12(17-3)6-13(10)11-8-15-16(2)9-11/h4-6,8-9,14H,7H2,1-3H3. The Morgan fingerprint density at radius 1 is 1.41 bits per heavy atom. The van der Waals surface area contributed by atoms with Crippen molar-refractivity contribution in [2.75, 3.05) is 14.2 Å². The summed E-state index contributed by atoms with van der Waals surface area (Å²) in [7, 11) is 5.54. The van der Waals surface area contributed by atoms with Crippen LogP contribution in [0.25, 0.3) is 11.1 Å². The van der Waals surface area contributed by atoms with Gasteiger partial charge in [0.25, 0.3) is 0 Å². The van der Waals surface area contributed by atoms with Gasteiger partial charge in [0.1, 0.15) is 5.75 Å². The van der Waals surface area contributed by atoms with E-state index in [2.05, 4.69) is 16.5 Å². The molecule has 1 aromatic heterocycles. The molecular weight excluding hydrogens is 214 g/mol. The van der Waals surface area contributed by atoms with Crippen LogP contribution in [0.4, 0.5) is 0 Å². The molecule has 0 aliphatic heterocycles. The largest absolute Gasteiger partial charge is 0.497 e. The minimum absolute atomic E-state index is 0.828. The minimum atomic E-state index is 0.828. The molecule has 0 fully saturated rings. The van der Waals surface area contributed by atoms with Gasteiger partial charge in [-0.3, -0.25) is 4.68 Å². The number of aryl methyl sites for hydroxylation is 1. The van der Waals surface area contributed by atoms with Gasteiger partial charge in [-0.15, -0.1) is 0 Å². The summed E-state index contributed by atoms with van der Waals surface area (Å²) in [4.78, 5) is 0. The summed E-state index contributed by atoms with van der Waals surface area (Å²) >= 11 is 0. The van der Waals surface area contributed by atoms with E-state index < -0.39 is 0 Å². The lowest BCUT2D eigenvalue weighted by atomic mass is 10.0. The van der Waals surface area contributed by atoms with Crippen molar-refractivity contribution in [2.45, 2.75) is 6.54 Å². The highest BCUT2D eigenvalue weighted by Gasteiger charge is 2.08. The molecule has 1 heterocycles. The van der Waals surface area contributed by atoms with Crippen molar-refractivity contribution < 1.29 is 4.74 Å². The molecule has 0 amide bonds. The van der Waals surface area contributed by atoms with Crippen LogP contribution in [0.5, 0.6) is 5.75 Å². The maximum atomic E-state index is 5.27. The van der Waals surface area contributed by atoms with Gasteiger partial charge in [-0.2, -0.15) is 5.10 Å². The summed E-state index contributed by atoms with van der Waals surface area (Å²) < 4.78 is 7.07. The van der Waals surface area contributed by atoms with E-state index in [4.69, 9.17) is 4.74 Å². The van der Waals surface area contributed by atoms with E-state index in [1.54, 1.807) is 11.8 Å². The van der Waals surface area contributed by atoms with Gasteiger partial charge in [0.05, 0.1) is 13.3 Å². The Balaban J connectivity index is 2.48. The van der Waals surface area contributed by atoms with Crippen molar-refractivity contribution in [1.29, 1.82) is 0 Å². The summed E-state index contributed by atoms with van der Waals surface area (Å²) in [6, 6.07) is 6.11. The quantitative estimate of drug-likeness (QED) is 0.872. The van der Waals surface area contributed by atoms with Crippen molar-refractivity contribution in [2.24, 2.45) is 7.05 Å². The number of methoxy groups -OCH3 is 1. The number of hydrogen-bond donors (Lipinski definition) is 1. The Bertz CT molecular complexity index is 505. The summed E-state index contributed by atoms with van der Waals surface area (Å²) in [6.07, 6.45) is 3.88. The van der Waals surface area contributed by atoms with Gasteiger partial charge < -0.3 is 10.1 Å². The zero-order chi connectivity index (χ0) is 12.3. The number of nitrogens with zero attached hydrogens (tertiary/aromatic N) is 2. The van der Waals surface area contributed by atoms with Gasteiger partial charge >= 0.3 is 0 Å². The number of rotatable bonds is 4. The lowest BCUT2D eigenvalue weighted by Crippen LogP contribution is -2.06. The summed E-state index contributed by atoms with van der Waals surface area (Å²) in [5.74, 6) is 0.865. The van der Waals surface area contributed by atoms with E-state index in [-0.39, 0.29) is 0 Å². The van der Waals surface area contributed by atoms with E-state index in [1.165, 1.54) is 5.56 Å². The normalized spacial score (nSPS) is 10.5. The molecule has 17 heavy (non-hydrogen) atoms. The zero-order valence-electron chi connectivity index (χ0n) is 10.4. The van der Waals surface area contributed by atoms with Gasteiger partial charge in [-0.1, -0.05) is 6.07 Å². The maximum Gasteiger partial charge on any atom is 0.119 e. The highest BCUT2D eigenvalue weighted by atomic mass is 16.5. The fraction of sp³-hybridized carbons (Fsp3) is 0.308. The van der Waals surface area contributed by atoms with Crippen molar-refractivity contribution in [3.8, 4) is 16.9 Å². The summed E-state index contributed by atoms with van der Waals surface area (Å²) in [6.45, 7) is 0.828. The molecule has 0 bridgehead atoms. The Kier molecular flexibility index (Phi) is 3.44. The Labute approximate surface area is 101 Å². The molecule has 0 spiro atoms. The summed E-state index contributed by atoms with van der Waals surface area (Å²) in [5, 5.41) is 7.38. The van der Waals surface area contributed by atoms with Crippen LogP contribution in [0.15, 0.2) is 30.6 Å². The minimum Gasteiger partial charge on any atom is -0.497 e. The lowest BCUT2D eigenvalue weighted by Gasteiger charge is -2.09. The third-order valence-electron chi connectivity index (χ3n) is 2.70. The van der Waals surface area contributed by atoms with Crippen LogP contribution in [0.1, 0.15) is 5.56 Å². The van der Waals surface area contributed by atoms with E-state index >= 15 is 0 Å². The molecule has 0 radical (unpaired) electrons. The molecule has 2 aromatic rings. The molecule has 0 unspecified atom stereocenters. The SMILES string of the molecule is CNCc1ccc(OC)cc1-c1cnn(C)c1. The molecule has 0 saturated carbocycles. The predicted molar refractivity (Wildman–Crippen MR) is 68.0 cm³/mol. The van der Waals surface area contributed by atoms with Crippen molar-refractivity contribution in [3.63, 3.8) is 0 Å². The van der Waals surface area contributed by atoms with E-state index in [0.29, 0.717) is 0 Å². The molecule has 0 aliphatic rings. The maximum absolute atomic E-state index is 5.27. The third-order valence-corrected chi connectivity index (χ3v) is 2.70. The van der Waals surface area contributed by atoms with Gasteiger partial charge in [0.2, 0.25) is 0 Å².